The van der Waals surface area contributed by atoms with Gasteiger partial charge in [0.1, 0.15) is 5.75 Å². The first-order valence-electron chi connectivity index (χ1n) is 7.16. The van der Waals surface area contributed by atoms with Gasteiger partial charge in [-0.1, -0.05) is 0 Å². The number of ether oxygens (including phenoxy) is 1. The van der Waals surface area contributed by atoms with E-state index < -0.39 is 5.60 Å². The Kier molecular flexibility index (Phi) is 3.06. The van der Waals surface area contributed by atoms with Gasteiger partial charge in [0.2, 0.25) is 0 Å². The fourth-order valence-electron chi connectivity index (χ4n) is 4.10. The van der Waals surface area contributed by atoms with E-state index in [9.17, 15) is 5.11 Å². The summed E-state index contributed by atoms with van der Waals surface area (Å²) in [4.78, 5) is 0. The molecule has 0 saturated carbocycles. The molecule has 2 atom stereocenters. The maximum atomic E-state index is 11.2. The second-order valence-corrected chi connectivity index (χ2v) is 6.21. The van der Waals surface area contributed by atoms with Gasteiger partial charge in [0.25, 0.3) is 0 Å². The first-order valence-corrected chi connectivity index (χ1v) is 7.16. The van der Waals surface area contributed by atoms with Crippen LogP contribution in [0.25, 0.3) is 0 Å². The molecule has 0 spiro atoms. The third-order valence-corrected chi connectivity index (χ3v) is 4.71. The molecule has 1 aromatic rings. The Morgan fingerprint density at radius 3 is 2.16 bits per heavy atom. The van der Waals surface area contributed by atoms with Gasteiger partial charge < -0.3 is 15.2 Å². The van der Waals surface area contributed by atoms with Gasteiger partial charge in [-0.05, 0) is 68.4 Å². The average Bonchev–Trinajstić information content (AvgIpc) is 2.68. The summed E-state index contributed by atoms with van der Waals surface area (Å²) >= 11 is 0. The van der Waals surface area contributed by atoms with Crippen LogP contribution in [0, 0.1) is 13.8 Å². The number of methoxy groups -OCH3 is 1. The number of aliphatic hydroxyl groups is 1. The summed E-state index contributed by atoms with van der Waals surface area (Å²) in [7, 11) is 1.69. The van der Waals surface area contributed by atoms with Crippen molar-refractivity contribution in [2.24, 2.45) is 0 Å². The molecule has 0 aliphatic carbocycles. The molecular weight excluding hydrogens is 238 g/mol. The lowest BCUT2D eigenvalue weighted by Crippen LogP contribution is -2.47. The highest BCUT2D eigenvalue weighted by Crippen LogP contribution is 2.43. The molecule has 2 N–H and O–H groups in total. The van der Waals surface area contributed by atoms with Crippen LogP contribution in [0.1, 0.15) is 42.4 Å². The molecule has 2 unspecified atom stereocenters. The van der Waals surface area contributed by atoms with E-state index in [1.165, 1.54) is 12.8 Å². The SMILES string of the molecule is COc1cc(C)c(C2(O)CC3CCC(C2)N3)c(C)c1. The highest BCUT2D eigenvalue weighted by atomic mass is 16.5. The maximum absolute atomic E-state index is 11.2. The molecule has 0 radical (unpaired) electrons. The zero-order chi connectivity index (χ0) is 13.6. The van der Waals surface area contributed by atoms with Crippen molar-refractivity contribution in [3.8, 4) is 5.75 Å². The molecular formula is C16H23NO2. The van der Waals surface area contributed by atoms with E-state index in [2.05, 4.69) is 19.2 Å². The van der Waals surface area contributed by atoms with Crippen molar-refractivity contribution in [1.82, 2.24) is 5.32 Å². The first kappa shape index (κ1) is 12.9. The molecule has 1 aromatic carbocycles. The number of nitrogens with one attached hydrogen (secondary N) is 1. The predicted molar refractivity (Wildman–Crippen MR) is 75.5 cm³/mol. The number of benzene rings is 1. The van der Waals surface area contributed by atoms with Crippen LogP contribution >= 0.6 is 0 Å². The van der Waals surface area contributed by atoms with Crippen LogP contribution < -0.4 is 10.1 Å². The standard InChI is InChI=1S/C16H23NO2/c1-10-6-14(19-3)7-11(2)15(10)16(18)8-12-4-5-13(9-16)17-12/h6-7,12-13,17-18H,4-5,8-9H2,1-3H3. The fraction of sp³-hybridized carbons (Fsp3) is 0.625. The molecule has 104 valence electrons. The lowest BCUT2D eigenvalue weighted by Gasteiger charge is -2.39. The second-order valence-electron chi connectivity index (χ2n) is 6.21. The zero-order valence-electron chi connectivity index (χ0n) is 12.0. The lowest BCUT2D eigenvalue weighted by atomic mass is 9.77. The Morgan fingerprint density at radius 1 is 1.16 bits per heavy atom. The summed E-state index contributed by atoms with van der Waals surface area (Å²) in [5.41, 5.74) is 2.73. The molecule has 2 aliphatic rings. The third-order valence-electron chi connectivity index (χ3n) is 4.71. The van der Waals surface area contributed by atoms with Crippen molar-refractivity contribution >= 4 is 0 Å². The van der Waals surface area contributed by atoms with Crippen molar-refractivity contribution in [3.63, 3.8) is 0 Å². The van der Waals surface area contributed by atoms with Crippen LogP contribution in [0.5, 0.6) is 5.75 Å². The smallest absolute Gasteiger partial charge is 0.119 e. The van der Waals surface area contributed by atoms with E-state index >= 15 is 0 Å². The van der Waals surface area contributed by atoms with Crippen molar-refractivity contribution in [3.05, 3.63) is 28.8 Å². The molecule has 2 saturated heterocycles. The summed E-state index contributed by atoms with van der Waals surface area (Å²) < 4.78 is 5.31. The molecule has 19 heavy (non-hydrogen) atoms. The van der Waals surface area contributed by atoms with Gasteiger partial charge >= 0.3 is 0 Å². The fourth-order valence-corrected chi connectivity index (χ4v) is 4.10. The zero-order valence-corrected chi connectivity index (χ0v) is 12.0. The Balaban J connectivity index is 2.01. The van der Waals surface area contributed by atoms with E-state index in [0.717, 1.165) is 35.3 Å². The second kappa shape index (κ2) is 4.50. The quantitative estimate of drug-likeness (QED) is 0.859. The molecule has 2 aliphatic heterocycles. The van der Waals surface area contributed by atoms with E-state index in [1.54, 1.807) is 7.11 Å². The largest absolute Gasteiger partial charge is 0.497 e. The van der Waals surface area contributed by atoms with Crippen LogP contribution in [-0.2, 0) is 5.60 Å². The lowest BCUT2D eigenvalue weighted by molar-refractivity contribution is -0.0125. The third kappa shape index (κ3) is 2.15. The van der Waals surface area contributed by atoms with E-state index in [0.29, 0.717) is 12.1 Å². The van der Waals surface area contributed by atoms with Crippen molar-refractivity contribution in [2.75, 3.05) is 7.11 Å². The normalized spacial score (nSPS) is 33.5. The monoisotopic (exact) mass is 261 g/mol. The van der Waals surface area contributed by atoms with Gasteiger partial charge in [-0.3, -0.25) is 0 Å². The van der Waals surface area contributed by atoms with Gasteiger partial charge in [-0.25, -0.2) is 0 Å². The summed E-state index contributed by atoms with van der Waals surface area (Å²) in [5, 5.41) is 14.8. The van der Waals surface area contributed by atoms with Gasteiger partial charge in [0.15, 0.2) is 0 Å². The maximum Gasteiger partial charge on any atom is 0.119 e. The average molecular weight is 261 g/mol. The summed E-state index contributed by atoms with van der Waals surface area (Å²) in [6.07, 6.45) is 4.05. The highest BCUT2D eigenvalue weighted by molar-refractivity contribution is 5.45. The van der Waals surface area contributed by atoms with Crippen molar-refractivity contribution < 1.29 is 9.84 Å². The number of rotatable bonds is 2. The topological polar surface area (TPSA) is 41.5 Å². The summed E-state index contributed by atoms with van der Waals surface area (Å²) in [6.45, 7) is 4.15. The Hall–Kier alpha value is -1.06. The Labute approximate surface area is 115 Å². The first-order chi connectivity index (χ1) is 9.01. The summed E-state index contributed by atoms with van der Waals surface area (Å²) in [5.74, 6) is 0.874. The minimum Gasteiger partial charge on any atom is -0.497 e. The van der Waals surface area contributed by atoms with E-state index in [-0.39, 0.29) is 0 Å². The van der Waals surface area contributed by atoms with E-state index in [4.69, 9.17) is 4.74 Å². The number of piperidine rings is 1. The van der Waals surface area contributed by atoms with Gasteiger partial charge in [-0.15, -0.1) is 0 Å². The van der Waals surface area contributed by atoms with E-state index in [1.807, 2.05) is 12.1 Å². The Bertz CT molecular complexity index is 463. The molecule has 2 heterocycles. The van der Waals surface area contributed by atoms with Crippen LogP contribution in [0.4, 0.5) is 0 Å². The van der Waals surface area contributed by atoms with Gasteiger partial charge in [0.05, 0.1) is 12.7 Å². The molecule has 3 rings (SSSR count). The number of hydrogen-bond donors (Lipinski definition) is 2. The highest BCUT2D eigenvalue weighted by Gasteiger charge is 2.44. The Morgan fingerprint density at radius 2 is 1.68 bits per heavy atom. The molecule has 3 heteroatoms. The molecule has 2 fully saturated rings. The van der Waals surface area contributed by atoms with Crippen LogP contribution in [-0.4, -0.2) is 24.3 Å². The molecule has 0 aromatic heterocycles. The summed E-state index contributed by atoms with van der Waals surface area (Å²) in [6, 6.07) is 5.02. The number of hydrogen-bond acceptors (Lipinski definition) is 3. The predicted octanol–water partition coefficient (Wildman–Crippen LogP) is 2.41. The van der Waals surface area contributed by atoms with Crippen molar-refractivity contribution in [1.29, 1.82) is 0 Å². The molecule has 3 nitrogen and oxygen atoms in total. The molecule has 2 bridgehead atoms. The van der Waals surface area contributed by atoms with Crippen LogP contribution in [0.2, 0.25) is 0 Å². The van der Waals surface area contributed by atoms with Gasteiger partial charge in [0, 0.05) is 12.1 Å². The van der Waals surface area contributed by atoms with Gasteiger partial charge in [-0.2, -0.15) is 0 Å². The van der Waals surface area contributed by atoms with Crippen LogP contribution in [0.15, 0.2) is 12.1 Å². The molecule has 0 amide bonds. The minimum absolute atomic E-state index is 0.477. The number of aryl methyl sites for hydroxylation is 2. The minimum atomic E-state index is -0.669. The van der Waals surface area contributed by atoms with Crippen LogP contribution in [0.3, 0.4) is 0 Å². The number of fused-ring (bicyclic) bond motifs is 2. The van der Waals surface area contributed by atoms with Crippen molar-refractivity contribution in [2.45, 2.75) is 57.2 Å².